The van der Waals surface area contributed by atoms with E-state index in [1.165, 1.54) is 7.11 Å². The zero-order chi connectivity index (χ0) is 13.4. The van der Waals surface area contributed by atoms with Crippen LogP contribution in [-0.2, 0) is 32.5 Å². The summed E-state index contributed by atoms with van der Waals surface area (Å²) in [6.45, 7) is 2.09. The fraction of sp³-hybridized carbons (Fsp3) is 0.500. The molecule has 1 unspecified atom stereocenters. The molecule has 0 heterocycles. The third-order valence-electron chi connectivity index (χ3n) is 2.72. The number of benzene rings is 1. The number of hydrogen-bond donors (Lipinski definition) is 0. The molecule has 3 nitrogen and oxygen atoms in total. The molecule has 0 N–H and O–H groups in total. The third kappa shape index (κ3) is 5.00. The molecule has 0 saturated heterocycles. The van der Waals surface area contributed by atoms with Crippen LogP contribution in [0.2, 0.25) is 0 Å². The van der Waals surface area contributed by atoms with Gasteiger partial charge in [0, 0.05) is 22.3 Å². The smallest absolute Gasteiger partial charge is 0.309 e. The van der Waals surface area contributed by atoms with E-state index >= 15 is 0 Å². The fourth-order valence-electron chi connectivity index (χ4n) is 1.65. The highest BCUT2D eigenvalue weighted by atomic mass is 32.2. The summed E-state index contributed by atoms with van der Waals surface area (Å²) < 4.78 is 16.5. The van der Waals surface area contributed by atoms with Gasteiger partial charge in [-0.3, -0.25) is 9.00 Å². The average Bonchev–Trinajstić information content (AvgIpc) is 2.38. The van der Waals surface area contributed by atoms with Crippen LogP contribution in [-0.4, -0.2) is 23.0 Å². The van der Waals surface area contributed by atoms with Gasteiger partial charge in [0.05, 0.1) is 13.5 Å². The third-order valence-corrected chi connectivity index (χ3v) is 4.10. The largest absolute Gasteiger partial charge is 0.469 e. The van der Waals surface area contributed by atoms with Crippen molar-refractivity contribution in [3.05, 3.63) is 35.4 Å². The monoisotopic (exact) mass is 268 g/mol. The molecule has 1 aromatic rings. The van der Waals surface area contributed by atoms with Gasteiger partial charge in [-0.2, -0.15) is 0 Å². The Kier molecular flexibility index (Phi) is 6.65. The number of carbonyl (C=O) groups is 1. The maximum atomic E-state index is 11.9. The summed E-state index contributed by atoms with van der Waals surface area (Å²) in [5.41, 5.74) is 1.89. The lowest BCUT2D eigenvalue weighted by Gasteiger charge is -2.08. The minimum atomic E-state index is -0.850. The first-order valence-corrected chi connectivity index (χ1v) is 7.64. The molecule has 1 aromatic carbocycles. The number of rotatable bonds is 7. The van der Waals surface area contributed by atoms with Gasteiger partial charge in [-0.05, 0) is 17.5 Å². The van der Waals surface area contributed by atoms with Crippen molar-refractivity contribution in [2.24, 2.45) is 0 Å². The Hall–Kier alpha value is -1.16. The highest BCUT2D eigenvalue weighted by Gasteiger charge is 2.10. The Morgan fingerprint density at radius 3 is 2.56 bits per heavy atom. The SMILES string of the molecule is CCCCS(=O)Cc1ccccc1CC(=O)OC. The van der Waals surface area contributed by atoms with E-state index in [0.717, 1.165) is 29.7 Å². The van der Waals surface area contributed by atoms with Gasteiger partial charge in [0.15, 0.2) is 0 Å². The molecule has 0 spiro atoms. The summed E-state index contributed by atoms with van der Waals surface area (Å²) in [5, 5.41) is 0. The van der Waals surface area contributed by atoms with Gasteiger partial charge in [0.1, 0.15) is 0 Å². The summed E-state index contributed by atoms with van der Waals surface area (Å²) in [4.78, 5) is 11.3. The van der Waals surface area contributed by atoms with Crippen molar-refractivity contribution in [3.8, 4) is 0 Å². The molecule has 0 aliphatic rings. The lowest BCUT2D eigenvalue weighted by molar-refractivity contribution is -0.139. The Morgan fingerprint density at radius 1 is 1.28 bits per heavy atom. The van der Waals surface area contributed by atoms with Crippen LogP contribution in [0.5, 0.6) is 0 Å². The van der Waals surface area contributed by atoms with Crippen LogP contribution in [0.25, 0.3) is 0 Å². The zero-order valence-corrected chi connectivity index (χ0v) is 11.8. The standard InChI is InChI=1S/C14H20O3S/c1-3-4-9-18(16)11-13-8-6-5-7-12(13)10-14(15)17-2/h5-8H,3-4,9-11H2,1-2H3. The number of methoxy groups -OCH3 is 1. The molecular weight excluding hydrogens is 248 g/mol. The van der Waals surface area contributed by atoms with Crippen molar-refractivity contribution in [2.45, 2.75) is 31.9 Å². The van der Waals surface area contributed by atoms with E-state index in [2.05, 4.69) is 11.7 Å². The number of carbonyl (C=O) groups excluding carboxylic acids is 1. The van der Waals surface area contributed by atoms with Gasteiger partial charge >= 0.3 is 5.97 Å². The quantitative estimate of drug-likeness (QED) is 0.713. The number of esters is 1. The Labute approximate surface area is 111 Å². The molecule has 0 amide bonds. The van der Waals surface area contributed by atoms with E-state index in [9.17, 15) is 9.00 Å². The minimum Gasteiger partial charge on any atom is -0.469 e. The van der Waals surface area contributed by atoms with Crippen molar-refractivity contribution < 1.29 is 13.7 Å². The van der Waals surface area contributed by atoms with Gasteiger partial charge in [0.2, 0.25) is 0 Å². The van der Waals surface area contributed by atoms with Crippen molar-refractivity contribution in [1.82, 2.24) is 0 Å². The lowest BCUT2D eigenvalue weighted by atomic mass is 10.1. The molecule has 0 saturated carbocycles. The number of unbranched alkanes of at least 4 members (excludes halogenated alkanes) is 1. The normalized spacial score (nSPS) is 12.1. The maximum absolute atomic E-state index is 11.9. The average molecular weight is 268 g/mol. The second-order valence-electron chi connectivity index (χ2n) is 4.16. The van der Waals surface area contributed by atoms with Crippen LogP contribution in [0.1, 0.15) is 30.9 Å². The number of hydrogen-bond acceptors (Lipinski definition) is 3. The van der Waals surface area contributed by atoms with Gasteiger partial charge < -0.3 is 4.74 Å². The van der Waals surface area contributed by atoms with Crippen LogP contribution in [0.3, 0.4) is 0 Å². The Morgan fingerprint density at radius 2 is 1.94 bits per heavy atom. The number of ether oxygens (including phenoxy) is 1. The van der Waals surface area contributed by atoms with Crippen molar-refractivity contribution >= 4 is 16.8 Å². The van der Waals surface area contributed by atoms with Crippen molar-refractivity contribution in [3.63, 3.8) is 0 Å². The van der Waals surface area contributed by atoms with Crippen LogP contribution in [0.4, 0.5) is 0 Å². The van der Waals surface area contributed by atoms with E-state index in [1.54, 1.807) is 0 Å². The van der Waals surface area contributed by atoms with Gasteiger partial charge in [-0.1, -0.05) is 37.6 Å². The molecule has 100 valence electrons. The molecular formula is C14H20O3S. The van der Waals surface area contributed by atoms with Crippen LogP contribution < -0.4 is 0 Å². The lowest BCUT2D eigenvalue weighted by Crippen LogP contribution is -2.09. The Bertz CT molecular complexity index is 415. The molecule has 0 fully saturated rings. The summed E-state index contributed by atoms with van der Waals surface area (Å²) >= 11 is 0. The first-order valence-electron chi connectivity index (χ1n) is 6.16. The topological polar surface area (TPSA) is 43.4 Å². The first kappa shape index (κ1) is 14.9. The first-order chi connectivity index (χ1) is 8.67. The van der Waals surface area contributed by atoms with Gasteiger partial charge in [0.25, 0.3) is 0 Å². The fourth-order valence-corrected chi connectivity index (χ4v) is 3.03. The summed E-state index contributed by atoms with van der Waals surface area (Å²) in [5.74, 6) is 0.984. The van der Waals surface area contributed by atoms with Crippen molar-refractivity contribution in [1.29, 1.82) is 0 Å². The van der Waals surface area contributed by atoms with E-state index in [0.29, 0.717) is 5.75 Å². The maximum Gasteiger partial charge on any atom is 0.309 e. The molecule has 0 bridgehead atoms. The predicted molar refractivity (Wildman–Crippen MR) is 73.8 cm³/mol. The molecule has 0 aliphatic heterocycles. The second-order valence-corrected chi connectivity index (χ2v) is 5.74. The second kappa shape index (κ2) is 8.03. The highest BCUT2D eigenvalue weighted by Crippen LogP contribution is 2.13. The van der Waals surface area contributed by atoms with Gasteiger partial charge in [-0.25, -0.2) is 0 Å². The zero-order valence-electron chi connectivity index (χ0n) is 11.0. The van der Waals surface area contributed by atoms with Crippen molar-refractivity contribution in [2.75, 3.05) is 12.9 Å². The molecule has 1 atom stereocenters. The van der Waals surface area contributed by atoms with E-state index < -0.39 is 10.8 Å². The van der Waals surface area contributed by atoms with Crippen LogP contribution >= 0.6 is 0 Å². The summed E-state index contributed by atoms with van der Waals surface area (Å²) in [6.07, 6.45) is 2.28. The molecule has 4 heteroatoms. The highest BCUT2D eigenvalue weighted by molar-refractivity contribution is 7.84. The minimum absolute atomic E-state index is 0.248. The van der Waals surface area contributed by atoms with Gasteiger partial charge in [-0.15, -0.1) is 0 Å². The molecule has 18 heavy (non-hydrogen) atoms. The summed E-state index contributed by atoms with van der Waals surface area (Å²) in [7, 11) is 0.529. The summed E-state index contributed by atoms with van der Waals surface area (Å²) in [6, 6.07) is 7.62. The predicted octanol–water partition coefficient (Wildman–Crippen LogP) is 2.45. The molecule has 0 aromatic heterocycles. The van der Waals surface area contributed by atoms with Crippen LogP contribution in [0.15, 0.2) is 24.3 Å². The van der Waals surface area contributed by atoms with Crippen LogP contribution in [0, 0.1) is 0 Å². The van der Waals surface area contributed by atoms with E-state index in [1.807, 2.05) is 24.3 Å². The molecule has 0 radical (unpaired) electrons. The Balaban J connectivity index is 2.69. The molecule has 1 rings (SSSR count). The van der Waals surface area contributed by atoms with E-state index in [4.69, 9.17) is 0 Å². The molecule has 0 aliphatic carbocycles. The van der Waals surface area contributed by atoms with E-state index in [-0.39, 0.29) is 12.4 Å².